The van der Waals surface area contributed by atoms with E-state index in [1.165, 1.54) is 6.04 Å². The zero-order valence-corrected chi connectivity index (χ0v) is 21.1. The van der Waals surface area contributed by atoms with Crippen LogP contribution in [0.2, 0.25) is 29.2 Å². The van der Waals surface area contributed by atoms with Crippen LogP contribution in [0.1, 0.15) is 54.4 Å². The number of esters is 1. The van der Waals surface area contributed by atoms with Gasteiger partial charge in [-0.2, -0.15) is 0 Å². The van der Waals surface area contributed by atoms with Gasteiger partial charge in [0.05, 0.1) is 33.3 Å². The number of hydrogen-bond acceptors (Lipinski definition) is 4. The Balaban J connectivity index is 2.02. The fourth-order valence-corrected chi connectivity index (χ4v) is 11.5. The Hall–Kier alpha value is -0.176. The summed E-state index contributed by atoms with van der Waals surface area (Å²) in [6.07, 6.45) is 2.29. The maximum atomic E-state index is 12.9. The smallest absolute Gasteiger partial charge is 0.309 e. The average molecular weight is 415 g/mol. The lowest BCUT2D eigenvalue weighted by atomic mass is 9.98. The van der Waals surface area contributed by atoms with Crippen molar-refractivity contribution in [3.63, 3.8) is 0 Å². The van der Waals surface area contributed by atoms with Crippen LogP contribution in [0.5, 0.6) is 0 Å². The molecule has 0 radical (unpaired) electrons. The number of carbonyl (C=O) groups excluding carboxylic acids is 1. The van der Waals surface area contributed by atoms with Crippen LogP contribution in [-0.2, 0) is 18.7 Å². The van der Waals surface area contributed by atoms with E-state index in [4.69, 9.17) is 13.9 Å². The number of hydrogen-bond donors (Lipinski definition) is 0. The molecule has 4 nitrogen and oxygen atoms in total. The van der Waals surface area contributed by atoms with Crippen LogP contribution in [0.4, 0.5) is 0 Å². The largest absolute Gasteiger partial charge is 0.465 e. The van der Waals surface area contributed by atoms with E-state index in [0.29, 0.717) is 35.1 Å². The normalized spacial score (nSPS) is 33.4. The molecule has 0 aromatic carbocycles. The molecule has 1 heterocycles. The molecule has 158 valence electrons. The van der Waals surface area contributed by atoms with Crippen molar-refractivity contribution in [2.24, 2.45) is 17.8 Å². The highest BCUT2D eigenvalue weighted by atomic mass is 28.3. The number of rotatable bonds is 10. The van der Waals surface area contributed by atoms with Gasteiger partial charge >= 0.3 is 5.97 Å². The molecular weight excluding hydrogens is 372 g/mol. The Morgan fingerprint density at radius 2 is 1.96 bits per heavy atom. The second-order valence-corrected chi connectivity index (χ2v) is 17.1. The molecule has 0 aromatic rings. The Labute approximate surface area is 170 Å². The molecule has 0 aromatic heterocycles. The third-order valence-electron chi connectivity index (χ3n) is 7.64. The van der Waals surface area contributed by atoms with E-state index in [-0.39, 0.29) is 11.9 Å². The quantitative estimate of drug-likeness (QED) is 0.230. The minimum atomic E-state index is -1.58. The van der Waals surface area contributed by atoms with Crippen molar-refractivity contribution in [2.45, 2.75) is 89.7 Å². The van der Waals surface area contributed by atoms with Gasteiger partial charge in [-0.3, -0.25) is 4.79 Å². The monoisotopic (exact) mass is 414 g/mol. The predicted octanol–water partition coefficient (Wildman–Crippen LogP) is 4.40. The molecule has 1 saturated heterocycles. The second kappa shape index (κ2) is 9.55. The van der Waals surface area contributed by atoms with E-state index in [2.05, 4.69) is 41.2 Å². The summed E-state index contributed by atoms with van der Waals surface area (Å²) in [5.41, 5.74) is 0.637. The van der Waals surface area contributed by atoms with Gasteiger partial charge < -0.3 is 13.9 Å². The van der Waals surface area contributed by atoms with E-state index in [9.17, 15) is 4.79 Å². The van der Waals surface area contributed by atoms with Crippen molar-refractivity contribution >= 4 is 23.8 Å². The van der Waals surface area contributed by atoms with Gasteiger partial charge in [-0.25, -0.2) is 0 Å². The first-order chi connectivity index (χ1) is 12.7. The maximum absolute atomic E-state index is 12.9. The first-order valence-electron chi connectivity index (χ1n) is 11.0. The molecule has 2 fully saturated rings. The van der Waals surface area contributed by atoms with Gasteiger partial charge in [0.25, 0.3) is 0 Å². The van der Waals surface area contributed by atoms with Crippen LogP contribution in [-0.4, -0.2) is 49.7 Å². The SMILES string of the molecule is CCO[SiH2]CCCOC(=O)C1CC(C2CO2)C([Si](C)(CC)C(C)(C)C)C1C. The maximum Gasteiger partial charge on any atom is 0.309 e. The Morgan fingerprint density at radius 1 is 1.30 bits per heavy atom. The Bertz CT molecular complexity index is 489. The summed E-state index contributed by atoms with van der Waals surface area (Å²) in [5.74, 6) is 1.03. The fraction of sp³-hybridized carbons (Fsp3) is 0.952. The number of carbonyl (C=O) groups is 1. The summed E-state index contributed by atoms with van der Waals surface area (Å²) in [4.78, 5) is 12.9. The fourth-order valence-electron chi connectivity index (χ4n) is 5.34. The van der Waals surface area contributed by atoms with Crippen LogP contribution in [0, 0.1) is 17.8 Å². The van der Waals surface area contributed by atoms with Gasteiger partial charge in [-0.05, 0) is 48.2 Å². The van der Waals surface area contributed by atoms with Crippen LogP contribution >= 0.6 is 0 Å². The minimum Gasteiger partial charge on any atom is -0.465 e. The van der Waals surface area contributed by atoms with Gasteiger partial charge in [-0.1, -0.05) is 47.2 Å². The van der Waals surface area contributed by atoms with E-state index < -0.39 is 17.8 Å². The van der Waals surface area contributed by atoms with Crippen LogP contribution in [0.25, 0.3) is 0 Å². The molecule has 1 aliphatic heterocycles. The lowest BCUT2D eigenvalue weighted by Crippen LogP contribution is -2.48. The molecule has 6 atom stereocenters. The van der Waals surface area contributed by atoms with Gasteiger partial charge in [0.2, 0.25) is 0 Å². The average Bonchev–Trinajstić information content (AvgIpc) is 3.39. The molecule has 6 unspecified atom stereocenters. The van der Waals surface area contributed by atoms with Gasteiger partial charge in [0.15, 0.2) is 9.76 Å². The van der Waals surface area contributed by atoms with Crippen LogP contribution in [0.15, 0.2) is 0 Å². The van der Waals surface area contributed by atoms with Gasteiger partial charge in [0.1, 0.15) is 0 Å². The van der Waals surface area contributed by atoms with E-state index >= 15 is 0 Å². The Morgan fingerprint density at radius 3 is 2.48 bits per heavy atom. The van der Waals surface area contributed by atoms with Crippen molar-refractivity contribution < 1.29 is 18.7 Å². The third kappa shape index (κ3) is 5.25. The number of epoxide rings is 1. The molecule has 1 saturated carbocycles. The van der Waals surface area contributed by atoms with E-state index in [0.717, 1.165) is 32.1 Å². The van der Waals surface area contributed by atoms with Crippen molar-refractivity contribution in [1.82, 2.24) is 0 Å². The van der Waals surface area contributed by atoms with Crippen molar-refractivity contribution in [2.75, 3.05) is 19.8 Å². The van der Waals surface area contributed by atoms with Crippen molar-refractivity contribution in [3.05, 3.63) is 0 Å². The van der Waals surface area contributed by atoms with Crippen molar-refractivity contribution in [1.29, 1.82) is 0 Å². The topological polar surface area (TPSA) is 48.1 Å². The molecule has 6 heteroatoms. The second-order valence-electron chi connectivity index (χ2n) is 9.86. The lowest BCUT2D eigenvalue weighted by molar-refractivity contribution is -0.149. The first kappa shape index (κ1) is 23.1. The molecule has 0 spiro atoms. The molecular formula is C21H42O4Si2. The zero-order chi connectivity index (χ0) is 20.2. The molecule has 0 bridgehead atoms. The van der Waals surface area contributed by atoms with E-state index in [1.807, 2.05) is 6.92 Å². The summed E-state index contributed by atoms with van der Waals surface area (Å²) in [6.45, 7) is 18.8. The zero-order valence-electron chi connectivity index (χ0n) is 18.7. The number of ether oxygens (including phenoxy) is 2. The molecule has 1 aliphatic carbocycles. The summed E-state index contributed by atoms with van der Waals surface area (Å²) in [5, 5.41) is 0.330. The molecule has 2 rings (SSSR count). The highest BCUT2D eigenvalue weighted by molar-refractivity contribution is 6.82. The van der Waals surface area contributed by atoms with Crippen molar-refractivity contribution in [3.8, 4) is 0 Å². The summed E-state index contributed by atoms with van der Waals surface area (Å²) in [6, 6.07) is 2.35. The molecule has 0 amide bonds. The molecule has 27 heavy (non-hydrogen) atoms. The Kier molecular flexibility index (Phi) is 8.17. The summed E-state index contributed by atoms with van der Waals surface area (Å²) < 4.78 is 16.9. The third-order valence-corrected chi connectivity index (χ3v) is 16.4. The van der Waals surface area contributed by atoms with Gasteiger partial charge in [0, 0.05) is 6.61 Å². The van der Waals surface area contributed by atoms with Crippen LogP contribution in [0.3, 0.4) is 0 Å². The van der Waals surface area contributed by atoms with E-state index in [1.54, 1.807) is 0 Å². The first-order valence-corrected chi connectivity index (χ1v) is 15.4. The highest BCUT2D eigenvalue weighted by Crippen LogP contribution is 2.61. The molecule has 2 aliphatic rings. The summed E-state index contributed by atoms with van der Waals surface area (Å²) in [7, 11) is -2.00. The lowest BCUT2D eigenvalue weighted by Gasteiger charge is -2.48. The highest BCUT2D eigenvalue weighted by Gasteiger charge is 2.59. The predicted molar refractivity (Wildman–Crippen MR) is 117 cm³/mol. The standard InChI is InChI=1S/C21H42O4Si2/c1-8-25-26-12-10-11-23-20(22)16-13-17(18-14-24-18)19(15(16)3)27(7,9-2)21(4,5)6/h15-19H,8-14,26H2,1-7H3. The summed E-state index contributed by atoms with van der Waals surface area (Å²) >= 11 is 0. The van der Waals surface area contributed by atoms with Crippen LogP contribution < -0.4 is 0 Å². The van der Waals surface area contributed by atoms with Gasteiger partial charge in [-0.15, -0.1) is 0 Å². The minimum absolute atomic E-state index is 0.0371. The molecule has 0 N–H and O–H groups in total.